The van der Waals surface area contributed by atoms with Crippen LogP contribution in [0, 0.1) is 11.6 Å². The van der Waals surface area contributed by atoms with E-state index in [1.807, 2.05) is 30.3 Å². The van der Waals surface area contributed by atoms with Crippen LogP contribution >= 0.6 is 0 Å². The van der Waals surface area contributed by atoms with Gasteiger partial charge in [0, 0.05) is 24.1 Å². The summed E-state index contributed by atoms with van der Waals surface area (Å²) < 4.78 is 32.1. The Morgan fingerprint density at radius 2 is 1.59 bits per heavy atom. The first-order valence-electron chi connectivity index (χ1n) is 5.26. The molecule has 0 radical (unpaired) electrons. The predicted octanol–water partition coefficient (Wildman–Crippen LogP) is 3.56. The summed E-state index contributed by atoms with van der Waals surface area (Å²) >= 11 is 0. The lowest BCUT2D eigenvalue weighted by atomic mass is 10.0. The average molecular weight is 234 g/mol. The lowest BCUT2D eigenvalue weighted by Gasteiger charge is -2.07. The van der Waals surface area contributed by atoms with E-state index in [2.05, 4.69) is 0 Å². The summed E-state index contributed by atoms with van der Waals surface area (Å²) in [6.45, 7) is 0. The normalized spacial score (nSPS) is 10.3. The fourth-order valence-corrected chi connectivity index (χ4v) is 1.67. The molecule has 0 aromatic heterocycles. The van der Waals surface area contributed by atoms with Crippen molar-refractivity contribution in [2.24, 2.45) is 0 Å². The lowest BCUT2D eigenvalue weighted by molar-refractivity contribution is 0.405. The topological polar surface area (TPSA) is 9.23 Å². The van der Waals surface area contributed by atoms with Crippen molar-refractivity contribution in [3.05, 3.63) is 65.2 Å². The molecule has 3 heteroatoms. The zero-order valence-electron chi connectivity index (χ0n) is 9.41. The molecular formula is C14H12F2O. The molecule has 0 unspecified atom stereocenters. The number of halogens is 2. The van der Waals surface area contributed by atoms with Gasteiger partial charge in [0.05, 0.1) is 7.11 Å². The molecule has 1 nitrogen and oxygen atoms in total. The number of ether oxygens (including phenoxy) is 1. The molecule has 88 valence electrons. The predicted molar refractivity (Wildman–Crippen MR) is 62.2 cm³/mol. The van der Waals surface area contributed by atoms with Gasteiger partial charge in [0.25, 0.3) is 0 Å². The first-order valence-corrected chi connectivity index (χ1v) is 5.26. The summed E-state index contributed by atoms with van der Waals surface area (Å²) in [7, 11) is 1.38. The number of benzene rings is 2. The minimum atomic E-state index is -0.578. The van der Waals surface area contributed by atoms with Crippen LogP contribution in [0.5, 0.6) is 5.75 Å². The van der Waals surface area contributed by atoms with E-state index >= 15 is 0 Å². The van der Waals surface area contributed by atoms with E-state index in [1.54, 1.807) is 0 Å². The summed E-state index contributed by atoms with van der Waals surface area (Å²) in [4.78, 5) is 0. The third kappa shape index (κ3) is 2.61. The van der Waals surface area contributed by atoms with Crippen LogP contribution in [-0.2, 0) is 6.42 Å². The highest BCUT2D eigenvalue weighted by molar-refractivity contribution is 5.34. The van der Waals surface area contributed by atoms with Crippen molar-refractivity contribution in [3.8, 4) is 5.75 Å². The van der Waals surface area contributed by atoms with Crippen molar-refractivity contribution in [1.29, 1.82) is 0 Å². The standard InChI is InChI=1S/C14H12F2O/c1-17-11-8-13(15)12(14(16)9-11)7-10-5-3-2-4-6-10/h2-6,8-9H,7H2,1H3. The summed E-state index contributed by atoms with van der Waals surface area (Å²) in [5.74, 6) is -0.965. The highest BCUT2D eigenvalue weighted by Crippen LogP contribution is 2.22. The molecular weight excluding hydrogens is 222 g/mol. The highest BCUT2D eigenvalue weighted by atomic mass is 19.1. The van der Waals surface area contributed by atoms with E-state index in [9.17, 15) is 8.78 Å². The zero-order chi connectivity index (χ0) is 12.3. The average Bonchev–Trinajstić information content (AvgIpc) is 2.35. The van der Waals surface area contributed by atoms with Crippen molar-refractivity contribution < 1.29 is 13.5 Å². The molecule has 0 saturated carbocycles. The van der Waals surface area contributed by atoms with E-state index in [1.165, 1.54) is 19.2 Å². The molecule has 0 N–H and O–H groups in total. The Morgan fingerprint density at radius 3 is 2.12 bits per heavy atom. The fraction of sp³-hybridized carbons (Fsp3) is 0.143. The SMILES string of the molecule is COc1cc(F)c(Cc2ccccc2)c(F)c1. The van der Waals surface area contributed by atoms with Gasteiger partial charge in [-0.15, -0.1) is 0 Å². The molecule has 0 heterocycles. The van der Waals surface area contributed by atoms with Crippen LogP contribution < -0.4 is 4.74 Å². The van der Waals surface area contributed by atoms with Crippen molar-refractivity contribution in [2.45, 2.75) is 6.42 Å². The van der Waals surface area contributed by atoms with Crippen LogP contribution in [0.15, 0.2) is 42.5 Å². The van der Waals surface area contributed by atoms with Gasteiger partial charge in [0.1, 0.15) is 17.4 Å². The quantitative estimate of drug-likeness (QED) is 0.789. The first kappa shape index (κ1) is 11.6. The van der Waals surface area contributed by atoms with E-state index < -0.39 is 11.6 Å². The summed E-state index contributed by atoms with van der Waals surface area (Å²) in [5.41, 5.74) is 0.937. The Kier molecular flexibility index (Phi) is 3.38. The van der Waals surface area contributed by atoms with Crippen molar-refractivity contribution in [2.75, 3.05) is 7.11 Å². The smallest absolute Gasteiger partial charge is 0.133 e. The first-order chi connectivity index (χ1) is 8.20. The van der Waals surface area contributed by atoms with E-state index in [4.69, 9.17) is 4.74 Å². The molecule has 0 bridgehead atoms. The Hall–Kier alpha value is -1.90. The number of hydrogen-bond donors (Lipinski definition) is 0. The Bertz CT molecular complexity index is 486. The largest absolute Gasteiger partial charge is 0.497 e. The second kappa shape index (κ2) is 4.95. The molecule has 0 atom stereocenters. The van der Waals surface area contributed by atoms with Gasteiger partial charge in [-0.05, 0) is 5.56 Å². The van der Waals surface area contributed by atoms with Gasteiger partial charge in [-0.3, -0.25) is 0 Å². The van der Waals surface area contributed by atoms with Crippen LogP contribution in [0.1, 0.15) is 11.1 Å². The number of hydrogen-bond acceptors (Lipinski definition) is 1. The van der Waals surface area contributed by atoms with Crippen molar-refractivity contribution in [1.82, 2.24) is 0 Å². The Morgan fingerprint density at radius 1 is 1.00 bits per heavy atom. The lowest BCUT2D eigenvalue weighted by Crippen LogP contribution is -1.98. The van der Waals surface area contributed by atoms with Crippen LogP contribution in [0.25, 0.3) is 0 Å². The van der Waals surface area contributed by atoms with E-state index in [0.717, 1.165) is 5.56 Å². The number of methoxy groups -OCH3 is 1. The van der Waals surface area contributed by atoms with E-state index in [0.29, 0.717) is 0 Å². The summed E-state index contributed by atoms with van der Waals surface area (Å²) in [6, 6.07) is 11.6. The summed E-state index contributed by atoms with van der Waals surface area (Å²) in [5, 5.41) is 0. The maximum absolute atomic E-state index is 13.7. The van der Waals surface area contributed by atoms with Crippen LogP contribution in [0.2, 0.25) is 0 Å². The highest BCUT2D eigenvalue weighted by Gasteiger charge is 2.11. The van der Waals surface area contributed by atoms with Gasteiger partial charge < -0.3 is 4.74 Å². The minimum Gasteiger partial charge on any atom is -0.497 e. The molecule has 0 saturated heterocycles. The molecule has 0 aliphatic carbocycles. The second-order valence-electron chi connectivity index (χ2n) is 3.73. The van der Waals surface area contributed by atoms with Crippen molar-refractivity contribution >= 4 is 0 Å². The van der Waals surface area contributed by atoms with Crippen LogP contribution in [0.3, 0.4) is 0 Å². The van der Waals surface area contributed by atoms with Crippen LogP contribution in [-0.4, -0.2) is 7.11 Å². The monoisotopic (exact) mass is 234 g/mol. The van der Waals surface area contributed by atoms with Gasteiger partial charge >= 0.3 is 0 Å². The Balaban J connectivity index is 2.33. The molecule has 0 aliphatic rings. The van der Waals surface area contributed by atoms with Gasteiger partial charge in [-0.2, -0.15) is 0 Å². The minimum absolute atomic E-state index is 0.0667. The molecule has 0 aliphatic heterocycles. The fourth-order valence-electron chi connectivity index (χ4n) is 1.67. The zero-order valence-corrected chi connectivity index (χ0v) is 9.41. The summed E-state index contributed by atoms with van der Waals surface area (Å²) in [6.07, 6.45) is 0.239. The van der Waals surface area contributed by atoms with Crippen LogP contribution in [0.4, 0.5) is 8.78 Å². The molecule has 0 spiro atoms. The van der Waals surface area contributed by atoms with Gasteiger partial charge in [0.15, 0.2) is 0 Å². The van der Waals surface area contributed by atoms with E-state index in [-0.39, 0.29) is 17.7 Å². The molecule has 0 amide bonds. The van der Waals surface area contributed by atoms with Crippen molar-refractivity contribution in [3.63, 3.8) is 0 Å². The maximum Gasteiger partial charge on any atom is 0.133 e. The molecule has 2 aromatic carbocycles. The Labute approximate surface area is 98.7 Å². The third-order valence-corrected chi connectivity index (χ3v) is 2.57. The molecule has 2 rings (SSSR count). The molecule has 17 heavy (non-hydrogen) atoms. The number of rotatable bonds is 3. The molecule has 2 aromatic rings. The van der Waals surface area contributed by atoms with Gasteiger partial charge in [-0.1, -0.05) is 30.3 Å². The third-order valence-electron chi connectivity index (χ3n) is 2.57. The van der Waals surface area contributed by atoms with Gasteiger partial charge in [-0.25, -0.2) is 8.78 Å². The molecule has 0 fully saturated rings. The second-order valence-corrected chi connectivity index (χ2v) is 3.73. The van der Waals surface area contributed by atoms with Gasteiger partial charge in [0.2, 0.25) is 0 Å². The maximum atomic E-state index is 13.7.